The molecule has 1 heterocycles. The van der Waals surface area contributed by atoms with Gasteiger partial charge in [-0.25, -0.2) is 0 Å². The molecule has 4 aliphatic rings. The summed E-state index contributed by atoms with van der Waals surface area (Å²) in [6, 6.07) is 9.82. The predicted octanol–water partition coefficient (Wildman–Crippen LogP) is 2.41. The molecular weight excluding hydrogens is 324 g/mol. The zero-order valence-electron chi connectivity index (χ0n) is 15.7. The van der Waals surface area contributed by atoms with Crippen molar-refractivity contribution in [1.29, 1.82) is 0 Å². The summed E-state index contributed by atoms with van der Waals surface area (Å²) in [7, 11) is 1.70. The number of rotatable bonds is 6. The van der Waals surface area contributed by atoms with Gasteiger partial charge in [-0.1, -0.05) is 24.3 Å². The maximum absolute atomic E-state index is 12.9. The van der Waals surface area contributed by atoms with Crippen LogP contribution in [0.15, 0.2) is 24.3 Å². The Morgan fingerprint density at radius 1 is 1.19 bits per heavy atom. The van der Waals surface area contributed by atoms with E-state index in [0.717, 1.165) is 31.8 Å². The minimum atomic E-state index is -0.222. The Hall–Kier alpha value is -1.39. The van der Waals surface area contributed by atoms with Crippen LogP contribution in [0.1, 0.15) is 36.8 Å². The average molecular weight is 354 g/mol. The zero-order valence-corrected chi connectivity index (χ0v) is 15.7. The molecule has 0 bridgehead atoms. The van der Waals surface area contributed by atoms with E-state index in [-0.39, 0.29) is 11.3 Å². The van der Waals surface area contributed by atoms with Crippen molar-refractivity contribution in [1.82, 2.24) is 10.2 Å². The molecule has 1 saturated heterocycles. The number of carbonyl (C=O) groups excluding carboxylic acids is 1. The molecule has 0 radical (unpaired) electrons. The van der Waals surface area contributed by atoms with E-state index in [0.29, 0.717) is 24.6 Å². The van der Waals surface area contributed by atoms with E-state index in [1.165, 1.54) is 36.8 Å². The first-order valence-electron chi connectivity index (χ1n) is 10.3. The minimum absolute atomic E-state index is 0.222. The highest BCUT2D eigenvalue weighted by molar-refractivity contribution is 5.85. The van der Waals surface area contributed by atoms with Gasteiger partial charge in [-0.05, 0) is 61.5 Å². The SMILES string of the molecule is COCC1(C(=O)N[C@H]2CN(C3Cc4ccccc4C3)C[C@@H]2C2CC2)CC1. The lowest BCUT2D eigenvalue weighted by molar-refractivity contribution is -0.129. The highest BCUT2D eigenvalue weighted by Crippen LogP contribution is 2.47. The van der Waals surface area contributed by atoms with E-state index < -0.39 is 0 Å². The number of hydrogen-bond donors (Lipinski definition) is 1. The Morgan fingerprint density at radius 2 is 1.88 bits per heavy atom. The van der Waals surface area contributed by atoms with Gasteiger partial charge >= 0.3 is 0 Å². The standard InChI is InChI=1S/C22H30N2O2/c1-26-14-22(8-9-22)21(25)23-20-13-24(12-19(20)15-6-7-15)18-10-16-4-2-3-5-17(16)11-18/h2-5,15,18-20H,6-14H2,1H3,(H,23,25)/t19-,20+/m1/s1. The molecule has 1 N–H and O–H groups in total. The van der Waals surface area contributed by atoms with Gasteiger partial charge in [-0.3, -0.25) is 9.69 Å². The molecule has 4 heteroatoms. The van der Waals surface area contributed by atoms with E-state index in [1.54, 1.807) is 7.11 Å². The smallest absolute Gasteiger partial charge is 0.228 e. The summed E-state index contributed by atoms with van der Waals surface area (Å²) in [6.45, 7) is 2.75. The van der Waals surface area contributed by atoms with Gasteiger partial charge in [0.1, 0.15) is 0 Å². The summed E-state index contributed by atoms with van der Waals surface area (Å²) in [5.74, 6) is 1.71. The summed E-state index contributed by atoms with van der Waals surface area (Å²) in [5, 5.41) is 3.45. The van der Waals surface area contributed by atoms with Crippen molar-refractivity contribution in [2.24, 2.45) is 17.3 Å². The first-order chi connectivity index (χ1) is 12.7. The molecule has 0 aromatic heterocycles. The van der Waals surface area contributed by atoms with Crippen molar-refractivity contribution in [3.8, 4) is 0 Å². The van der Waals surface area contributed by atoms with Crippen molar-refractivity contribution in [2.45, 2.75) is 50.6 Å². The molecule has 1 aliphatic heterocycles. The number of methoxy groups -OCH3 is 1. The second-order valence-corrected chi connectivity index (χ2v) is 9.08. The molecule has 5 rings (SSSR count). The fourth-order valence-electron chi connectivity index (χ4n) is 5.29. The number of ether oxygens (including phenoxy) is 1. The summed E-state index contributed by atoms with van der Waals surface area (Å²) in [5.41, 5.74) is 2.81. The number of fused-ring (bicyclic) bond motifs is 1. The number of carbonyl (C=O) groups is 1. The summed E-state index contributed by atoms with van der Waals surface area (Å²) in [4.78, 5) is 15.5. The molecule has 0 spiro atoms. The number of amides is 1. The van der Waals surface area contributed by atoms with Gasteiger partial charge in [0.25, 0.3) is 0 Å². The molecule has 1 amide bonds. The third-order valence-corrected chi connectivity index (χ3v) is 7.24. The van der Waals surface area contributed by atoms with E-state index in [2.05, 4.69) is 34.5 Å². The second kappa shape index (κ2) is 6.35. The van der Waals surface area contributed by atoms with E-state index in [4.69, 9.17) is 4.74 Å². The van der Waals surface area contributed by atoms with E-state index in [9.17, 15) is 4.79 Å². The Bertz CT molecular complexity index is 670. The van der Waals surface area contributed by atoms with Crippen LogP contribution >= 0.6 is 0 Å². The molecule has 1 aromatic carbocycles. The second-order valence-electron chi connectivity index (χ2n) is 9.08. The zero-order chi connectivity index (χ0) is 17.7. The number of nitrogens with one attached hydrogen (secondary N) is 1. The van der Waals surface area contributed by atoms with Gasteiger partial charge in [-0.2, -0.15) is 0 Å². The highest BCUT2D eigenvalue weighted by atomic mass is 16.5. The Kier molecular flexibility index (Phi) is 4.09. The van der Waals surface area contributed by atoms with Crippen LogP contribution in [0, 0.1) is 17.3 Å². The molecule has 26 heavy (non-hydrogen) atoms. The van der Waals surface area contributed by atoms with Gasteiger partial charge in [0.2, 0.25) is 5.91 Å². The molecule has 1 aromatic rings. The van der Waals surface area contributed by atoms with E-state index >= 15 is 0 Å². The molecule has 2 atom stereocenters. The number of hydrogen-bond acceptors (Lipinski definition) is 3. The topological polar surface area (TPSA) is 41.6 Å². The maximum Gasteiger partial charge on any atom is 0.228 e. The molecule has 3 aliphatic carbocycles. The van der Waals surface area contributed by atoms with Gasteiger partial charge in [0.05, 0.1) is 12.0 Å². The van der Waals surface area contributed by atoms with Crippen LogP contribution in [-0.2, 0) is 22.4 Å². The van der Waals surface area contributed by atoms with Crippen LogP contribution in [-0.4, -0.2) is 49.7 Å². The number of nitrogens with zero attached hydrogens (tertiary/aromatic N) is 1. The Morgan fingerprint density at radius 3 is 2.46 bits per heavy atom. The fourth-order valence-corrected chi connectivity index (χ4v) is 5.29. The summed E-state index contributed by atoms with van der Waals surface area (Å²) < 4.78 is 5.31. The summed E-state index contributed by atoms with van der Waals surface area (Å²) in [6.07, 6.45) is 6.99. The van der Waals surface area contributed by atoms with Crippen LogP contribution in [0.5, 0.6) is 0 Å². The lowest BCUT2D eigenvalue weighted by Crippen LogP contribution is -2.46. The maximum atomic E-state index is 12.9. The number of likely N-dealkylation sites (tertiary alicyclic amines) is 1. The predicted molar refractivity (Wildman–Crippen MR) is 101 cm³/mol. The third kappa shape index (κ3) is 2.97. The highest BCUT2D eigenvalue weighted by Gasteiger charge is 2.52. The van der Waals surface area contributed by atoms with Gasteiger partial charge in [0.15, 0.2) is 0 Å². The van der Waals surface area contributed by atoms with E-state index in [1.807, 2.05) is 0 Å². The molecule has 2 saturated carbocycles. The van der Waals surface area contributed by atoms with Crippen LogP contribution < -0.4 is 5.32 Å². The van der Waals surface area contributed by atoms with Crippen molar-refractivity contribution in [3.63, 3.8) is 0 Å². The van der Waals surface area contributed by atoms with Crippen molar-refractivity contribution < 1.29 is 9.53 Å². The van der Waals surface area contributed by atoms with Gasteiger partial charge in [0, 0.05) is 32.3 Å². The van der Waals surface area contributed by atoms with Crippen LogP contribution in [0.2, 0.25) is 0 Å². The minimum Gasteiger partial charge on any atom is -0.384 e. The Labute approximate surface area is 156 Å². The van der Waals surface area contributed by atoms with Crippen LogP contribution in [0.3, 0.4) is 0 Å². The van der Waals surface area contributed by atoms with Gasteiger partial charge < -0.3 is 10.1 Å². The monoisotopic (exact) mass is 354 g/mol. The lowest BCUT2D eigenvalue weighted by atomic mass is 9.97. The first kappa shape index (κ1) is 16.8. The molecule has 3 fully saturated rings. The van der Waals surface area contributed by atoms with Gasteiger partial charge in [-0.15, -0.1) is 0 Å². The van der Waals surface area contributed by atoms with Crippen molar-refractivity contribution in [2.75, 3.05) is 26.8 Å². The molecule has 0 unspecified atom stereocenters. The third-order valence-electron chi connectivity index (χ3n) is 7.24. The molecule has 140 valence electrons. The van der Waals surface area contributed by atoms with Crippen LogP contribution in [0.25, 0.3) is 0 Å². The normalized spacial score (nSPS) is 30.3. The van der Waals surface area contributed by atoms with Crippen LogP contribution in [0.4, 0.5) is 0 Å². The summed E-state index contributed by atoms with van der Waals surface area (Å²) >= 11 is 0. The van der Waals surface area contributed by atoms with Crippen molar-refractivity contribution in [3.05, 3.63) is 35.4 Å². The largest absolute Gasteiger partial charge is 0.384 e. The average Bonchev–Trinajstić information content (AvgIpc) is 3.55. The first-order valence-corrected chi connectivity index (χ1v) is 10.3. The fraction of sp³-hybridized carbons (Fsp3) is 0.682. The van der Waals surface area contributed by atoms with Crippen molar-refractivity contribution >= 4 is 5.91 Å². The molecular formula is C22H30N2O2. The number of benzene rings is 1. The molecule has 4 nitrogen and oxygen atoms in total. The Balaban J connectivity index is 1.26. The quantitative estimate of drug-likeness (QED) is 0.853. The lowest BCUT2D eigenvalue weighted by Gasteiger charge is -2.24.